The second kappa shape index (κ2) is 8.02. The summed E-state index contributed by atoms with van der Waals surface area (Å²) < 4.78 is 4.82. The summed E-state index contributed by atoms with van der Waals surface area (Å²) in [5.41, 5.74) is 2.42. The summed E-state index contributed by atoms with van der Waals surface area (Å²) in [6.45, 7) is 1.00. The van der Waals surface area contributed by atoms with Crippen LogP contribution < -0.4 is 15.8 Å². The minimum Gasteiger partial charge on any atom is -0.872 e. The zero-order valence-electron chi connectivity index (χ0n) is 10.7. The number of hydrazone groups is 1. The average molecular weight is 297 g/mol. The van der Waals surface area contributed by atoms with Gasteiger partial charge in [0.1, 0.15) is 0 Å². The van der Waals surface area contributed by atoms with Crippen LogP contribution in [0.15, 0.2) is 23.3 Å². The Hall–Kier alpha value is -2.26. The van der Waals surface area contributed by atoms with Gasteiger partial charge in [0.05, 0.1) is 17.7 Å². The summed E-state index contributed by atoms with van der Waals surface area (Å²) >= 11 is 4.91. The van der Waals surface area contributed by atoms with E-state index in [1.165, 1.54) is 6.21 Å². The number of nitrogens with zero attached hydrogens (tertiary/aromatic N) is 2. The quantitative estimate of drug-likeness (QED) is 0.252. The van der Waals surface area contributed by atoms with E-state index in [-0.39, 0.29) is 22.1 Å². The van der Waals surface area contributed by atoms with Crippen molar-refractivity contribution in [3.05, 3.63) is 33.9 Å². The Bertz CT molecular complexity index is 521. The van der Waals surface area contributed by atoms with Crippen molar-refractivity contribution in [2.24, 2.45) is 5.10 Å². The van der Waals surface area contributed by atoms with Crippen molar-refractivity contribution in [3.63, 3.8) is 0 Å². The van der Waals surface area contributed by atoms with Crippen LogP contribution >= 0.6 is 12.2 Å². The molecule has 0 heterocycles. The second-order valence-corrected chi connectivity index (χ2v) is 4.01. The molecule has 0 aliphatic carbocycles. The first-order valence-electron chi connectivity index (χ1n) is 5.56. The lowest BCUT2D eigenvalue weighted by atomic mass is 10.2. The number of nitro benzene ring substituents is 1. The Balaban J connectivity index is 2.59. The predicted molar refractivity (Wildman–Crippen MR) is 75.7 cm³/mol. The smallest absolute Gasteiger partial charge is 0.270 e. The van der Waals surface area contributed by atoms with Crippen molar-refractivity contribution in [3.8, 4) is 5.75 Å². The minimum atomic E-state index is -0.582. The molecule has 0 amide bonds. The van der Waals surface area contributed by atoms with Gasteiger partial charge in [0, 0.05) is 25.8 Å². The third-order valence-electron chi connectivity index (χ3n) is 2.17. The van der Waals surface area contributed by atoms with Crippen LogP contribution in [0.5, 0.6) is 5.75 Å². The molecule has 20 heavy (non-hydrogen) atoms. The van der Waals surface area contributed by atoms with E-state index in [9.17, 15) is 15.2 Å². The number of non-ortho nitro benzene ring substituents is 1. The molecule has 0 atom stereocenters. The van der Waals surface area contributed by atoms with Gasteiger partial charge in [0.2, 0.25) is 0 Å². The Morgan fingerprint density at radius 3 is 3.00 bits per heavy atom. The van der Waals surface area contributed by atoms with Crippen molar-refractivity contribution in [2.75, 3.05) is 20.3 Å². The fraction of sp³-hybridized carbons (Fsp3) is 0.273. The third kappa shape index (κ3) is 5.16. The van der Waals surface area contributed by atoms with Crippen molar-refractivity contribution in [2.45, 2.75) is 0 Å². The Morgan fingerprint density at radius 2 is 2.35 bits per heavy atom. The molecule has 1 aromatic carbocycles. The SMILES string of the molecule is COCCNC(=S)N/N=C\c1cc([N+](=O)[O-])ccc1[O-]. The molecule has 0 saturated carbocycles. The molecule has 0 aliphatic rings. The normalized spacial score (nSPS) is 10.4. The fourth-order valence-corrected chi connectivity index (χ4v) is 1.37. The Labute approximate surface area is 120 Å². The van der Waals surface area contributed by atoms with E-state index >= 15 is 0 Å². The van der Waals surface area contributed by atoms with E-state index in [4.69, 9.17) is 17.0 Å². The number of benzene rings is 1. The number of rotatable bonds is 6. The van der Waals surface area contributed by atoms with Crippen LogP contribution in [0, 0.1) is 10.1 Å². The lowest BCUT2D eigenvalue weighted by Crippen LogP contribution is -2.34. The molecule has 8 nitrogen and oxygen atoms in total. The standard InChI is InChI=1S/C11H14N4O4S/c1-19-5-4-12-11(20)14-13-7-8-6-9(15(17)18)2-3-10(8)16/h2-3,6-7,16H,4-5H2,1H3,(H2,12,14,20)/p-1/b13-7-. The van der Waals surface area contributed by atoms with Gasteiger partial charge in [-0.3, -0.25) is 15.5 Å². The van der Waals surface area contributed by atoms with Gasteiger partial charge < -0.3 is 15.2 Å². The molecular weight excluding hydrogens is 284 g/mol. The van der Waals surface area contributed by atoms with Crippen LogP contribution in [0.3, 0.4) is 0 Å². The van der Waals surface area contributed by atoms with E-state index in [1.807, 2.05) is 0 Å². The number of hydrogen-bond donors (Lipinski definition) is 2. The maximum atomic E-state index is 11.5. The maximum absolute atomic E-state index is 11.5. The Kier molecular flexibility index (Phi) is 6.33. The highest BCUT2D eigenvalue weighted by atomic mass is 32.1. The summed E-state index contributed by atoms with van der Waals surface area (Å²) in [5, 5.41) is 28.9. The zero-order chi connectivity index (χ0) is 15.0. The summed E-state index contributed by atoms with van der Waals surface area (Å²) in [5.74, 6) is -0.362. The molecule has 0 radical (unpaired) electrons. The van der Waals surface area contributed by atoms with E-state index in [1.54, 1.807) is 7.11 Å². The van der Waals surface area contributed by atoms with Crippen LogP contribution in [-0.2, 0) is 4.74 Å². The van der Waals surface area contributed by atoms with Crippen LogP contribution in [-0.4, -0.2) is 36.5 Å². The average Bonchev–Trinajstić information content (AvgIpc) is 2.41. The lowest BCUT2D eigenvalue weighted by molar-refractivity contribution is -0.385. The number of methoxy groups -OCH3 is 1. The summed E-state index contributed by atoms with van der Waals surface area (Å²) in [6.07, 6.45) is 1.18. The molecule has 0 unspecified atom stereocenters. The van der Waals surface area contributed by atoms with E-state index in [0.717, 1.165) is 18.2 Å². The topological polar surface area (TPSA) is 112 Å². The first-order valence-corrected chi connectivity index (χ1v) is 5.96. The second-order valence-electron chi connectivity index (χ2n) is 3.60. The molecule has 0 aromatic heterocycles. The van der Waals surface area contributed by atoms with Crippen molar-refractivity contribution in [1.29, 1.82) is 0 Å². The highest BCUT2D eigenvalue weighted by Gasteiger charge is 2.05. The van der Waals surface area contributed by atoms with Crippen LogP contribution in [0.1, 0.15) is 5.56 Å². The monoisotopic (exact) mass is 297 g/mol. The highest BCUT2D eigenvalue weighted by molar-refractivity contribution is 7.80. The Morgan fingerprint density at radius 1 is 1.60 bits per heavy atom. The largest absolute Gasteiger partial charge is 0.872 e. The number of nitro groups is 1. The molecule has 9 heteroatoms. The molecule has 0 bridgehead atoms. The van der Waals surface area contributed by atoms with Gasteiger partial charge in [0.15, 0.2) is 5.11 Å². The molecule has 0 fully saturated rings. The van der Waals surface area contributed by atoms with Gasteiger partial charge in [-0.25, -0.2) is 0 Å². The molecular formula is C11H13N4O4S-. The molecule has 0 aliphatic heterocycles. The molecule has 0 spiro atoms. The van der Waals surface area contributed by atoms with E-state index in [0.29, 0.717) is 13.2 Å². The summed E-state index contributed by atoms with van der Waals surface area (Å²) in [4.78, 5) is 10.0. The predicted octanol–water partition coefficient (Wildman–Crippen LogP) is 0.113. The number of nitrogens with one attached hydrogen (secondary N) is 2. The molecule has 108 valence electrons. The zero-order valence-corrected chi connectivity index (χ0v) is 11.5. The minimum absolute atomic E-state index is 0.103. The van der Waals surface area contributed by atoms with Crippen molar-refractivity contribution in [1.82, 2.24) is 10.7 Å². The van der Waals surface area contributed by atoms with Crippen molar-refractivity contribution >= 4 is 29.2 Å². The van der Waals surface area contributed by atoms with Crippen LogP contribution in [0.4, 0.5) is 5.69 Å². The van der Waals surface area contributed by atoms with Crippen LogP contribution in [0.2, 0.25) is 0 Å². The van der Waals surface area contributed by atoms with E-state index in [2.05, 4.69) is 15.8 Å². The number of thiocarbonyl (C=S) groups is 1. The van der Waals surface area contributed by atoms with Crippen LogP contribution in [0.25, 0.3) is 0 Å². The van der Waals surface area contributed by atoms with Gasteiger partial charge in [-0.2, -0.15) is 5.10 Å². The first kappa shape index (κ1) is 15.8. The lowest BCUT2D eigenvalue weighted by Gasteiger charge is -2.09. The fourth-order valence-electron chi connectivity index (χ4n) is 1.22. The molecule has 1 rings (SSSR count). The first-order chi connectivity index (χ1) is 9.54. The number of hydrogen-bond acceptors (Lipinski definition) is 6. The molecule has 2 N–H and O–H groups in total. The molecule has 0 saturated heterocycles. The summed E-state index contributed by atoms with van der Waals surface area (Å²) in [7, 11) is 1.56. The third-order valence-corrected chi connectivity index (χ3v) is 2.40. The number of ether oxygens (including phenoxy) is 1. The van der Waals surface area contributed by atoms with Gasteiger partial charge >= 0.3 is 0 Å². The van der Waals surface area contributed by atoms with E-state index < -0.39 is 4.92 Å². The molecule has 1 aromatic rings. The van der Waals surface area contributed by atoms with Gasteiger partial charge in [-0.1, -0.05) is 11.8 Å². The van der Waals surface area contributed by atoms with Gasteiger partial charge in [-0.15, -0.1) is 0 Å². The maximum Gasteiger partial charge on any atom is 0.270 e. The van der Waals surface area contributed by atoms with Gasteiger partial charge in [0.25, 0.3) is 5.69 Å². The summed E-state index contributed by atoms with van der Waals surface area (Å²) in [6, 6.07) is 3.41. The van der Waals surface area contributed by atoms with Gasteiger partial charge in [-0.05, 0) is 17.8 Å². The van der Waals surface area contributed by atoms with Crippen molar-refractivity contribution < 1.29 is 14.8 Å². The highest BCUT2D eigenvalue weighted by Crippen LogP contribution is 2.18.